The first kappa shape index (κ1) is 13.5. The highest BCUT2D eigenvalue weighted by atomic mass is 19.4. The number of hydrogen-bond donors (Lipinski definition) is 3. The van der Waals surface area contributed by atoms with Gasteiger partial charge in [-0.15, -0.1) is 0 Å². The third-order valence-corrected chi connectivity index (χ3v) is 1.86. The third-order valence-electron chi connectivity index (χ3n) is 1.86. The number of nitrogen functional groups attached to an aromatic ring is 1. The zero-order valence-corrected chi connectivity index (χ0v) is 9.30. The van der Waals surface area contributed by atoms with Crippen molar-refractivity contribution in [2.45, 2.75) is 25.9 Å². The largest absolute Gasteiger partial charge is 0.405 e. The van der Waals surface area contributed by atoms with E-state index in [0.29, 0.717) is 12.2 Å². The van der Waals surface area contributed by atoms with Crippen LogP contribution in [0.2, 0.25) is 0 Å². The molecule has 0 bridgehead atoms. The Morgan fingerprint density at radius 3 is 2.47 bits per heavy atom. The lowest BCUT2D eigenvalue weighted by molar-refractivity contribution is -0.115. The van der Waals surface area contributed by atoms with Gasteiger partial charge in [0.1, 0.15) is 24.0 Å². The van der Waals surface area contributed by atoms with Crippen molar-refractivity contribution in [3.63, 3.8) is 0 Å². The first-order chi connectivity index (χ1) is 7.94. The van der Waals surface area contributed by atoms with Gasteiger partial charge in [-0.25, -0.2) is 15.8 Å². The van der Waals surface area contributed by atoms with Crippen molar-refractivity contribution in [3.05, 3.63) is 11.9 Å². The summed E-state index contributed by atoms with van der Waals surface area (Å²) < 4.78 is 36.1. The number of alkyl halides is 3. The smallest absolute Gasteiger partial charge is 0.361 e. The fourth-order valence-corrected chi connectivity index (χ4v) is 1.19. The zero-order valence-electron chi connectivity index (χ0n) is 9.30. The molecule has 0 spiro atoms. The molecule has 0 saturated carbocycles. The predicted octanol–water partition coefficient (Wildman–Crippen LogP) is 1.69. The van der Waals surface area contributed by atoms with Gasteiger partial charge in [-0.2, -0.15) is 13.2 Å². The Balaban J connectivity index is 2.79. The molecule has 1 rings (SSSR count). The molecule has 1 aromatic rings. The van der Waals surface area contributed by atoms with Crippen molar-refractivity contribution in [2.75, 3.05) is 17.3 Å². The topological polar surface area (TPSA) is 75.9 Å². The molecule has 0 fully saturated rings. The Morgan fingerprint density at radius 2 is 1.94 bits per heavy atom. The first-order valence-corrected chi connectivity index (χ1v) is 5.10. The average molecular weight is 249 g/mol. The Labute approximate surface area is 96.6 Å². The molecule has 1 heterocycles. The molecule has 0 amide bonds. The van der Waals surface area contributed by atoms with Crippen LogP contribution in [-0.2, 0) is 6.42 Å². The van der Waals surface area contributed by atoms with Crippen LogP contribution < -0.4 is 16.6 Å². The molecule has 0 aromatic carbocycles. The normalized spacial score (nSPS) is 11.4. The van der Waals surface area contributed by atoms with Crippen LogP contribution in [0.4, 0.5) is 24.8 Å². The highest BCUT2D eigenvalue weighted by Gasteiger charge is 2.26. The molecule has 0 aliphatic heterocycles. The van der Waals surface area contributed by atoms with Gasteiger partial charge < -0.3 is 10.7 Å². The molecule has 0 aliphatic rings. The predicted molar refractivity (Wildman–Crippen MR) is 58.4 cm³/mol. The van der Waals surface area contributed by atoms with Crippen LogP contribution in [0.15, 0.2) is 6.07 Å². The monoisotopic (exact) mass is 249 g/mol. The highest BCUT2D eigenvalue weighted by Crippen LogP contribution is 2.17. The van der Waals surface area contributed by atoms with E-state index in [0.717, 1.165) is 6.42 Å². The summed E-state index contributed by atoms with van der Waals surface area (Å²) >= 11 is 0. The van der Waals surface area contributed by atoms with Crippen LogP contribution >= 0.6 is 0 Å². The fourth-order valence-electron chi connectivity index (χ4n) is 1.19. The van der Waals surface area contributed by atoms with Crippen molar-refractivity contribution < 1.29 is 13.2 Å². The molecule has 0 saturated heterocycles. The Kier molecular flexibility index (Phi) is 4.50. The van der Waals surface area contributed by atoms with Crippen LogP contribution in [0.5, 0.6) is 0 Å². The third kappa shape index (κ3) is 4.85. The molecule has 5 nitrogen and oxygen atoms in total. The van der Waals surface area contributed by atoms with Crippen LogP contribution in [0.25, 0.3) is 0 Å². The molecular formula is C9H14F3N5. The first-order valence-electron chi connectivity index (χ1n) is 5.10. The average Bonchev–Trinajstić information content (AvgIpc) is 2.25. The van der Waals surface area contributed by atoms with Crippen LogP contribution in [0.3, 0.4) is 0 Å². The van der Waals surface area contributed by atoms with Gasteiger partial charge in [0, 0.05) is 12.5 Å². The number of nitrogens with zero attached hydrogens (tertiary/aromatic N) is 2. The van der Waals surface area contributed by atoms with Crippen LogP contribution in [0, 0.1) is 0 Å². The lowest BCUT2D eigenvalue weighted by Gasteiger charge is -2.11. The molecule has 0 atom stereocenters. The number of rotatable bonds is 5. The second-order valence-corrected chi connectivity index (χ2v) is 3.42. The number of hydrazine groups is 1. The van der Waals surface area contributed by atoms with Gasteiger partial charge in [0.2, 0.25) is 0 Å². The molecule has 96 valence electrons. The molecular weight excluding hydrogens is 235 g/mol. The number of halogens is 3. The molecule has 4 N–H and O–H groups in total. The summed E-state index contributed by atoms with van der Waals surface area (Å²) in [5.41, 5.74) is 2.29. The number of nitrogens with two attached hydrogens (primary N) is 1. The summed E-state index contributed by atoms with van der Waals surface area (Å²) in [5.74, 6) is 6.02. The minimum absolute atomic E-state index is 0.105. The quantitative estimate of drug-likeness (QED) is 0.547. The van der Waals surface area contributed by atoms with Gasteiger partial charge in [0.15, 0.2) is 0 Å². The van der Waals surface area contributed by atoms with Crippen molar-refractivity contribution in [2.24, 2.45) is 5.84 Å². The van der Waals surface area contributed by atoms with Gasteiger partial charge >= 0.3 is 6.18 Å². The van der Waals surface area contributed by atoms with E-state index in [2.05, 4.69) is 20.7 Å². The SMILES string of the molecule is CCCc1nc(NN)cc(NCC(F)(F)F)n1. The standard InChI is InChI=1S/C9H14F3N5/c1-2-3-6-15-7(4-8(16-6)17-13)14-5-9(10,11)12/h4H,2-3,5,13H2,1H3,(H2,14,15,16,17). The number of anilines is 2. The lowest BCUT2D eigenvalue weighted by Crippen LogP contribution is -2.22. The molecule has 0 unspecified atom stereocenters. The van der Waals surface area contributed by atoms with Gasteiger partial charge in [-0.3, -0.25) is 0 Å². The van der Waals surface area contributed by atoms with E-state index >= 15 is 0 Å². The maximum atomic E-state index is 12.0. The summed E-state index contributed by atoms with van der Waals surface area (Å²) in [6.07, 6.45) is -2.91. The highest BCUT2D eigenvalue weighted by molar-refractivity contribution is 5.46. The summed E-state index contributed by atoms with van der Waals surface area (Å²) in [6.45, 7) is 0.786. The Hall–Kier alpha value is -1.57. The maximum Gasteiger partial charge on any atom is 0.405 e. The molecule has 8 heteroatoms. The molecule has 17 heavy (non-hydrogen) atoms. The van der Waals surface area contributed by atoms with E-state index in [1.54, 1.807) is 0 Å². The fraction of sp³-hybridized carbons (Fsp3) is 0.556. The van der Waals surface area contributed by atoms with Crippen molar-refractivity contribution in [1.29, 1.82) is 0 Å². The summed E-state index contributed by atoms with van der Waals surface area (Å²) in [6, 6.07) is 1.32. The lowest BCUT2D eigenvalue weighted by atomic mass is 10.3. The van der Waals surface area contributed by atoms with Crippen molar-refractivity contribution in [3.8, 4) is 0 Å². The van der Waals surface area contributed by atoms with E-state index < -0.39 is 12.7 Å². The zero-order chi connectivity index (χ0) is 12.9. The van der Waals surface area contributed by atoms with E-state index in [1.165, 1.54) is 6.07 Å². The minimum atomic E-state index is -4.29. The minimum Gasteiger partial charge on any atom is -0.361 e. The van der Waals surface area contributed by atoms with E-state index in [1.807, 2.05) is 6.92 Å². The van der Waals surface area contributed by atoms with Crippen molar-refractivity contribution >= 4 is 11.6 Å². The van der Waals surface area contributed by atoms with Gasteiger partial charge in [-0.05, 0) is 6.42 Å². The number of aryl methyl sites for hydroxylation is 1. The summed E-state index contributed by atoms with van der Waals surface area (Å²) in [5, 5.41) is 2.19. The maximum absolute atomic E-state index is 12.0. The van der Waals surface area contributed by atoms with Crippen LogP contribution in [0.1, 0.15) is 19.2 Å². The molecule has 0 radical (unpaired) electrons. The van der Waals surface area contributed by atoms with Gasteiger partial charge in [0.25, 0.3) is 0 Å². The number of nitrogens with one attached hydrogen (secondary N) is 2. The Morgan fingerprint density at radius 1 is 1.29 bits per heavy atom. The molecule has 1 aromatic heterocycles. The van der Waals surface area contributed by atoms with Crippen molar-refractivity contribution in [1.82, 2.24) is 9.97 Å². The van der Waals surface area contributed by atoms with E-state index in [4.69, 9.17) is 5.84 Å². The number of hydrogen-bond acceptors (Lipinski definition) is 5. The van der Waals surface area contributed by atoms with Gasteiger partial charge in [-0.1, -0.05) is 6.92 Å². The van der Waals surface area contributed by atoms with E-state index in [-0.39, 0.29) is 11.6 Å². The van der Waals surface area contributed by atoms with Crippen LogP contribution in [-0.4, -0.2) is 22.7 Å². The summed E-state index contributed by atoms with van der Waals surface area (Å²) in [7, 11) is 0. The van der Waals surface area contributed by atoms with Gasteiger partial charge in [0.05, 0.1) is 0 Å². The number of aromatic nitrogens is 2. The Bertz CT molecular complexity index is 366. The van der Waals surface area contributed by atoms with E-state index in [9.17, 15) is 13.2 Å². The second-order valence-electron chi connectivity index (χ2n) is 3.42. The second kappa shape index (κ2) is 5.67. The molecule has 0 aliphatic carbocycles. The summed E-state index contributed by atoms with van der Waals surface area (Å²) in [4.78, 5) is 7.97.